The van der Waals surface area contributed by atoms with E-state index in [4.69, 9.17) is 9.15 Å². The molecular formula is C15H26IN3O2S. The SMILES string of the molecule is COCCN=C(NCCc1ccco1)NC1CCCSC1.I. The number of methoxy groups -OCH3 is 1. The van der Waals surface area contributed by atoms with Crippen LogP contribution in [0.5, 0.6) is 0 Å². The number of guanidine groups is 1. The molecule has 1 aromatic rings. The standard InChI is InChI=1S/C15H25N3O2S.HI/c1-19-10-8-17-15(18-13-4-3-11-21-12-13)16-7-6-14-5-2-9-20-14;/h2,5,9,13H,3-4,6-8,10-12H2,1H3,(H2,16,17,18);1H. The molecule has 1 aromatic heterocycles. The minimum absolute atomic E-state index is 0. The number of rotatable bonds is 7. The van der Waals surface area contributed by atoms with Crippen LogP contribution in [0.25, 0.3) is 0 Å². The molecule has 0 amide bonds. The van der Waals surface area contributed by atoms with Gasteiger partial charge >= 0.3 is 0 Å². The molecule has 0 saturated carbocycles. The number of hydrogen-bond donors (Lipinski definition) is 2. The van der Waals surface area contributed by atoms with Crippen LogP contribution in [0.1, 0.15) is 18.6 Å². The predicted molar refractivity (Wildman–Crippen MR) is 103 cm³/mol. The Morgan fingerprint density at radius 1 is 1.55 bits per heavy atom. The van der Waals surface area contributed by atoms with Gasteiger partial charge in [-0.3, -0.25) is 4.99 Å². The summed E-state index contributed by atoms with van der Waals surface area (Å²) in [6.45, 7) is 2.13. The lowest BCUT2D eigenvalue weighted by atomic mass is 10.2. The Morgan fingerprint density at radius 2 is 2.45 bits per heavy atom. The van der Waals surface area contributed by atoms with Crippen molar-refractivity contribution in [2.45, 2.75) is 25.3 Å². The molecule has 1 aliphatic rings. The van der Waals surface area contributed by atoms with Crippen LogP contribution >= 0.6 is 35.7 Å². The molecule has 2 heterocycles. The molecule has 0 aliphatic carbocycles. The van der Waals surface area contributed by atoms with E-state index in [1.54, 1.807) is 13.4 Å². The van der Waals surface area contributed by atoms with Crippen molar-refractivity contribution in [2.24, 2.45) is 4.99 Å². The lowest BCUT2D eigenvalue weighted by molar-refractivity contribution is 0.208. The summed E-state index contributed by atoms with van der Waals surface area (Å²) in [6, 6.07) is 4.43. The van der Waals surface area contributed by atoms with Gasteiger partial charge in [0.05, 0.1) is 19.4 Å². The minimum Gasteiger partial charge on any atom is -0.469 e. The Labute approximate surface area is 154 Å². The maximum Gasteiger partial charge on any atom is 0.191 e. The molecule has 1 unspecified atom stereocenters. The van der Waals surface area contributed by atoms with Gasteiger partial charge in [0.1, 0.15) is 5.76 Å². The fourth-order valence-corrected chi connectivity index (χ4v) is 3.28. The predicted octanol–water partition coefficient (Wildman–Crippen LogP) is 2.52. The first-order valence-electron chi connectivity index (χ1n) is 7.52. The van der Waals surface area contributed by atoms with Crippen molar-refractivity contribution in [1.29, 1.82) is 0 Å². The highest BCUT2D eigenvalue weighted by Gasteiger charge is 2.14. The Bertz CT molecular complexity index is 409. The number of halogens is 1. The second-order valence-electron chi connectivity index (χ2n) is 5.04. The summed E-state index contributed by atoms with van der Waals surface area (Å²) >= 11 is 2.01. The molecule has 1 atom stereocenters. The molecule has 0 radical (unpaired) electrons. The Kier molecular flexibility index (Phi) is 10.8. The van der Waals surface area contributed by atoms with E-state index in [1.807, 2.05) is 23.9 Å². The zero-order chi connectivity index (χ0) is 14.8. The van der Waals surface area contributed by atoms with Crippen molar-refractivity contribution in [2.75, 3.05) is 38.3 Å². The maximum atomic E-state index is 5.34. The second-order valence-corrected chi connectivity index (χ2v) is 6.19. The quantitative estimate of drug-likeness (QED) is 0.296. The van der Waals surface area contributed by atoms with Gasteiger partial charge in [-0.2, -0.15) is 11.8 Å². The molecule has 7 heteroatoms. The van der Waals surface area contributed by atoms with E-state index < -0.39 is 0 Å². The molecule has 1 saturated heterocycles. The molecule has 2 N–H and O–H groups in total. The molecule has 0 aromatic carbocycles. The normalized spacial score (nSPS) is 18.6. The van der Waals surface area contributed by atoms with Gasteiger partial charge in [0.2, 0.25) is 0 Å². The molecule has 0 spiro atoms. The largest absolute Gasteiger partial charge is 0.469 e. The Hall–Kier alpha value is -0.410. The van der Waals surface area contributed by atoms with Crippen molar-refractivity contribution in [1.82, 2.24) is 10.6 Å². The molecular weight excluding hydrogens is 413 g/mol. The third-order valence-corrected chi connectivity index (χ3v) is 4.53. The van der Waals surface area contributed by atoms with E-state index >= 15 is 0 Å². The van der Waals surface area contributed by atoms with Crippen LogP contribution in [0.15, 0.2) is 27.8 Å². The summed E-state index contributed by atoms with van der Waals surface area (Å²) in [4.78, 5) is 4.56. The molecule has 1 fully saturated rings. The minimum atomic E-state index is 0. The van der Waals surface area contributed by atoms with Crippen molar-refractivity contribution in [3.8, 4) is 0 Å². The van der Waals surface area contributed by atoms with Gasteiger partial charge < -0.3 is 19.8 Å². The van der Waals surface area contributed by atoms with E-state index in [-0.39, 0.29) is 24.0 Å². The first-order chi connectivity index (χ1) is 10.4. The number of hydrogen-bond acceptors (Lipinski definition) is 4. The topological polar surface area (TPSA) is 58.8 Å². The highest BCUT2D eigenvalue weighted by Crippen LogP contribution is 2.16. The van der Waals surface area contributed by atoms with Crippen LogP contribution in [0.2, 0.25) is 0 Å². The van der Waals surface area contributed by atoms with E-state index in [2.05, 4.69) is 15.6 Å². The van der Waals surface area contributed by atoms with Crippen LogP contribution in [-0.4, -0.2) is 50.3 Å². The zero-order valence-electron chi connectivity index (χ0n) is 13.0. The van der Waals surface area contributed by atoms with Gasteiger partial charge in [-0.25, -0.2) is 0 Å². The van der Waals surface area contributed by atoms with Crippen LogP contribution in [-0.2, 0) is 11.2 Å². The van der Waals surface area contributed by atoms with Crippen molar-refractivity contribution >= 4 is 41.7 Å². The fraction of sp³-hybridized carbons (Fsp3) is 0.667. The molecule has 126 valence electrons. The average molecular weight is 439 g/mol. The van der Waals surface area contributed by atoms with Crippen LogP contribution in [0.3, 0.4) is 0 Å². The van der Waals surface area contributed by atoms with E-state index in [0.717, 1.165) is 30.4 Å². The van der Waals surface area contributed by atoms with Gasteiger partial charge in [-0.05, 0) is 30.7 Å². The average Bonchev–Trinajstić information content (AvgIpc) is 3.02. The third-order valence-electron chi connectivity index (χ3n) is 3.31. The summed E-state index contributed by atoms with van der Waals surface area (Å²) in [5.41, 5.74) is 0. The lowest BCUT2D eigenvalue weighted by Gasteiger charge is -2.24. The number of thioether (sulfide) groups is 1. The van der Waals surface area contributed by atoms with E-state index in [1.165, 1.54) is 18.6 Å². The second kappa shape index (κ2) is 12.1. The maximum absolute atomic E-state index is 5.34. The van der Waals surface area contributed by atoms with Crippen molar-refractivity contribution in [3.63, 3.8) is 0 Å². The number of aliphatic imine (C=N–C) groups is 1. The van der Waals surface area contributed by atoms with Gasteiger partial charge in [0.25, 0.3) is 0 Å². The number of nitrogens with one attached hydrogen (secondary N) is 2. The number of nitrogens with zero attached hydrogens (tertiary/aromatic N) is 1. The molecule has 22 heavy (non-hydrogen) atoms. The van der Waals surface area contributed by atoms with E-state index in [0.29, 0.717) is 19.2 Å². The fourth-order valence-electron chi connectivity index (χ4n) is 2.21. The molecule has 2 rings (SSSR count). The highest BCUT2D eigenvalue weighted by atomic mass is 127. The number of ether oxygens (including phenoxy) is 1. The Morgan fingerprint density at radius 3 is 3.14 bits per heavy atom. The van der Waals surface area contributed by atoms with Crippen LogP contribution in [0, 0.1) is 0 Å². The summed E-state index contributed by atoms with van der Waals surface area (Å²) in [6.07, 6.45) is 5.06. The van der Waals surface area contributed by atoms with Gasteiger partial charge in [0, 0.05) is 31.9 Å². The van der Waals surface area contributed by atoms with Crippen LogP contribution < -0.4 is 10.6 Å². The first kappa shape index (κ1) is 19.6. The number of furan rings is 1. The Balaban J connectivity index is 0.00000242. The summed E-state index contributed by atoms with van der Waals surface area (Å²) in [7, 11) is 1.70. The summed E-state index contributed by atoms with van der Waals surface area (Å²) in [5.74, 6) is 4.31. The third kappa shape index (κ3) is 7.73. The summed E-state index contributed by atoms with van der Waals surface area (Å²) in [5, 5.41) is 6.91. The summed E-state index contributed by atoms with van der Waals surface area (Å²) < 4.78 is 10.4. The molecule has 0 bridgehead atoms. The van der Waals surface area contributed by atoms with Gasteiger partial charge in [0.15, 0.2) is 5.96 Å². The smallest absolute Gasteiger partial charge is 0.191 e. The zero-order valence-corrected chi connectivity index (χ0v) is 16.2. The van der Waals surface area contributed by atoms with Gasteiger partial charge in [-0.15, -0.1) is 24.0 Å². The van der Waals surface area contributed by atoms with Crippen molar-refractivity contribution < 1.29 is 9.15 Å². The van der Waals surface area contributed by atoms with E-state index in [9.17, 15) is 0 Å². The molecule has 5 nitrogen and oxygen atoms in total. The monoisotopic (exact) mass is 439 g/mol. The lowest BCUT2D eigenvalue weighted by Crippen LogP contribution is -2.46. The van der Waals surface area contributed by atoms with Crippen molar-refractivity contribution in [3.05, 3.63) is 24.2 Å². The molecule has 1 aliphatic heterocycles. The van der Waals surface area contributed by atoms with Crippen LogP contribution in [0.4, 0.5) is 0 Å². The first-order valence-corrected chi connectivity index (χ1v) is 8.68. The van der Waals surface area contributed by atoms with Gasteiger partial charge in [-0.1, -0.05) is 0 Å². The highest BCUT2D eigenvalue weighted by molar-refractivity contribution is 14.0.